The number of imide groups is 1. The number of ether oxygens (including phenoxy) is 1. The number of carbonyl (C=O) groups is 2. The molecule has 3 aromatic rings. The summed E-state index contributed by atoms with van der Waals surface area (Å²) in [6.45, 7) is 6.47. The van der Waals surface area contributed by atoms with E-state index in [1.807, 2.05) is 91.0 Å². The Morgan fingerprint density at radius 3 is 1.81 bits per heavy atom. The van der Waals surface area contributed by atoms with Gasteiger partial charge in [0.25, 0.3) is 0 Å². The molecule has 164 valence electrons. The van der Waals surface area contributed by atoms with E-state index in [0.29, 0.717) is 0 Å². The monoisotopic (exact) mass is 427 g/mol. The fourth-order valence-corrected chi connectivity index (χ4v) is 4.66. The van der Waals surface area contributed by atoms with Crippen molar-refractivity contribution >= 4 is 12.0 Å². The summed E-state index contributed by atoms with van der Waals surface area (Å²) in [5, 5.41) is 0. The smallest absolute Gasteiger partial charge is 0.417 e. The van der Waals surface area contributed by atoms with Crippen LogP contribution in [0.5, 0.6) is 0 Å². The van der Waals surface area contributed by atoms with Crippen molar-refractivity contribution in [1.82, 2.24) is 4.90 Å². The third-order valence-electron chi connectivity index (χ3n) is 6.35. The summed E-state index contributed by atoms with van der Waals surface area (Å²) >= 11 is 0. The van der Waals surface area contributed by atoms with E-state index in [9.17, 15) is 9.59 Å². The molecule has 4 heteroatoms. The van der Waals surface area contributed by atoms with Crippen LogP contribution in [0, 0.1) is 5.41 Å². The third-order valence-corrected chi connectivity index (χ3v) is 6.35. The van der Waals surface area contributed by atoms with Gasteiger partial charge in [0.05, 0.1) is 0 Å². The first-order valence-corrected chi connectivity index (χ1v) is 11.0. The Hall–Kier alpha value is -3.40. The van der Waals surface area contributed by atoms with Crippen LogP contribution in [0.4, 0.5) is 4.79 Å². The van der Waals surface area contributed by atoms with Gasteiger partial charge in [-0.3, -0.25) is 4.79 Å². The van der Waals surface area contributed by atoms with Crippen LogP contribution in [0.15, 0.2) is 91.0 Å². The predicted molar refractivity (Wildman–Crippen MR) is 125 cm³/mol. The standard InChI is InChI=1S/C28H29NO3/c1-27(2,3)24(21-13-7-4-8-14-21)19-25(30)29-26(31)32-20-28(29,22-15-9-5-10-16-22)23-17-11-6-12-18-23/h4-18,24H,19-20H2,1-3H3/t24-/m0/s1. The molecule has 1 atom stereocenters. The van der Waals surface area contributed by atoms with Crippen LogP contribution in [-0.2, 0) is 15.1 Å². The van der Waals surface area contributed by atoms with Gasteiger partial charge < -0.3 is 4.74 Å². The summed E-state index contributed by atoms with van der Waals surface area (Å²) < 4.78 is 5.55. The molecule has 0 aromatic heterocycles. The number of hydrogen-bond acceptors (Lipinski definition) is 3. The molecule has 3 aromatic carbocycles. The van der Waals surface area contributed by atoms with Crippen molar-refractivity contribution in [3.8, 4) is 0 Å². The molecular weight excluding hydrogens is 398 g/mol. The molecule has 1 heterocycles. The lowest BCUT2D eigenvalue weighted by Gasteiger charge is -2.37. The van der Waals surface area contributed by atoms with Gasteiger partial charge in [-0.2, -0.15) is 0 Å². The summed E-state index contributed by atoms with van der Waals surface area (Å²) in [4.78, 5) is 28.2. The largest absolute Gasteiger partial charge is 0.446 e. The number of cyclic esters (lactones) is 1. The van der Waals surface area contributed by atoms with Crippen molar-refractivity contribution < 1.29 is 14.3 Å². The van der Waals surface area contributed by atoms with Crippen molar-refractivity contribution in [3.63, 3.8) is 0 Å². The Morgan fingerprint density at radius 1 is 0.875 bits per heavy atom. The average Bonchev–Trinajstić information content (AvgIpc) is 3.16. The summed E-state index contributed by atoms with van der Waals surface area (Å²) in [5.74, 6) is -0.280. The van der Waals surface area contributed by atoms with Crippen LogP contribution in [0.2, 0.25) is 0 Å². The van der Waals surface area contributed by atoms with E-state index >= 15 is 0 Å². The molecule has 0 radical (unpaired) electrons. The molecule has 1 saturated heterocycles. The van der Waals surface area contributed by atoms with E-state index in [4.69, 9.17) is 4.74 Å². The molecule has 0 spiro atoms. The molecule has 0 bridgehead atoms. The molecule has 0 saturated carbocycles. The molecule has 32 heavy (non-hydrogen) atoms. The highest BCUT2D eigenvalue weighted by Gasteiger charge is 2.53. The maximum absolute atomic E-state index is 13.9. The Kier molecular flexibility index (Phi) is 5.88. The summed E-state index contributed by atoms with van der Waals surface area (Å²) in [7, 11) is 0. The van der Waals surface area contributed by atoms with Crippen LogP contribution < -0.4 is 0 Å². The molecular formula is C28H29NO3. The minimum absolute atomic E-state index is 0.0474. The molecule has 1 aliphatic rings. The van der Waals surface area contributed by atoms with Gasteiger partial charge in [0.2, 0.25) is 5.91 Å². The van der Waals surface area contributed by atoms with Gasteiger partial charge in [0, 0.05) is 6.42 Å². The van der Waals surface area contributed by atoms with Gasteiger partial charge in [-0.1, -0.05) is 112 Å². The fraction of sp³-hybridized carbons (Fsp3) is 0.286. The molecule has 4 nitrogen and oxygen atoms in total. The van der Waals surface area contributed by atoms with Crippen molar-refractivity contribution in [1.29, 1.82) is 0 Å². The topological polar surface area (TPSA) is 46.6 Å². The molecule has 0 unspecified atom stereocenters. The van der Waals surface area contributed by atoms with Crippen LogP contribution in [0.25, 0.3) is 0 Å². The number of nitrogens with zero attached hydrogens (tertiary/aromatic N) is 1. The molecule has 2 amide bonds. The zero-order valence-corrected chi connectivity index (χ0v) is 18.8. The Labute approximate surface area is 189 Å². The zero-order valence-electron chi connectivity index (χ0n) is 18.8. The second kappa shape index (κ2) is 8.62. The van der Waals surface area contributed by atoms with E-state index in [1.165, 1.54) is 4.90 Å². The second-order valence-corrected chi connectivity index (χ2v) is 9.41. The van der Waals surface area contributed by atoms with Gasteiger partial charge in [-0.05, 0) is 28.0 Å². The number of hydrogen-bond donors (Lipinski definition) is 0. The van der Waals surface area contributed by atoms with Crippen molar-refractivity contribution in [3.05, 3.63) is 108 Å². The second-order valence-electron chi connectivity index (χ2n) is 9.41. The van der Waals surface area contributed by atoms with E-state index in [1.54, 1.807) is 0 Å². The fourth-order valence-electron chi connectivity index (χ4n) is 4.66. The summed E-state index contributed by atoms with van der Waals surface area (Å²) in [6, 6.07) is 29.4. The molecule has 0 N–H and O–H groups in total. The lowest BCUT2D eigenvalue weighted by atomic mass is 9.74. The van der Waals surface area contributed by atoms with Gasteiger partial charge in [0.1, 0.15) is 12.1 Å². The minimum atomic E-state index is -0.990. The minimum Gasteiger partial charge on any atom is -0.446 e. The van der Waals surface area contributed by atoms with Gasteiger partial charge in [0.15, 0.2) is 0 Å². The first kappa shape index (κ1) is 21.8. The van der Waals surface area contributed by atoms with Gasteiger partial charge in [-0.25, -0.2) is 9.69 Å². The van der Waals surface area contributed by atoms with Gasteiger partial charge in [-0.15, -0.1) is 0 Å². The van der Waals surface area contributed by atoms with Crippen LogP contribution in [0.3, 0.4) is 0 Å². The SMILES string of the molecule is CC(C)(C)[C@@H](CC(=O)N1C(=O)OCC1(c1ccccc1)c1ccccc1)c1ccccc1. The maximum Gasteiger partial charge on any atom is 0.417 e. The highest BCUT2D eigenvalue weighted by Crippen LogP contribution is 2.44. The Morgan fingerprint density at radius 2 is 1.34 bits per heavy atom. The molecule has 1 aliphatic heterocycles. The number of rotatable bonds is 5. The number of benzene rings is 3. The first-order valence-electron chi connectivity index (χ1n) is 11.0. The average molecular weight is 428 g/mol. The van der Waals surface area contributed by atoms with Crippen molar-refractivity contribution in [2.45, 2.75) is 38.6 Å². The van der Waals surface area contributed by atoms with Crippen LogP contribution in [-0.4, -0.2) is 23.5 Å². The van der Waals surface area contributed by atoms with E-state index in [2.05, 4.69) is 20.8 Å². The van der Waals surface area contributed by atoms with Crippen LogP contribution in [0.1, 0.15) is 49.8 Å². The highest BCUT2D eigenvalue weighted by molar-refractivity contribution is 5.95. The van der Waals surface area contributed by atoms with E-state index < -0.39 is 11.6 Å². The Bertz CT molecular complexity index is 1030. The lowest BCUT2D eigenvalue weighted by Crippen LogP contribution is -2.49. The number of amides is 2. The maximum atomic E-state index is 13.9. The predicted octanol–water partition coefficient (Wildman–Crippen LogP) is 6.13. The normalized spacial score (nSPS) is 16.5. The molecule has 1 fully saturated rings. The molecule has 0 aliphatic carbocycles. The van der Waals surface area contributed by atoms with Crippen molar-refractivity contribution in [2.75, 3.05) is 6.61 Å². The first-order chi connectivity index (χ1) is 15.3. The lowest BCUT2D eigenvalue weighted by molar-refractivity contribution is -0.132. The Balaban J connectivity index is 1.79. The van der Waals surface area contributed by atoms with E-state index in [0.717, 1.165) is 16.7 Å². The third kappa shape index (κ3) is 3.93. The van der Waals surface area contributed by atoms with Crippen LogP contribution >= 0.6 is 0 Å². The summed E-state index contributed by atoms with van der Waals surface area (Å²) in [6.07, 6.45) is -0.382. The van der Waals surface area contributed by atoms with Crippen molar-refractivity contribution in [2.24, 2.45) is 5.41 Å². The number of carbonyl (C=O) groups excluding carboxylic acids is 2. The quantitative estimate of drug-likeness (QED) is 0.492. The van der Waals surface area contributed by atoms with Gasteiger partial charge >= 0.3 is 6.09 Å². The molecule has 4 rings (SSSR count). The highest BCUT2D eigenvalue weighted by atomic mass is 16.6. The van der Waals surface area contributed by atoms with E-state index in [-0.39, 0.29) is 30.3 Å². The summed E-state index contributed by atoms with van der Waals surface area (Å²) in [5.41, 5.74) is 1.65. The zero-order chi connectivity index (χ0) is 22.8.